The second-order valence-electron chi connectivity index (χ2n) is 17.7. The number of rotatable bonds is 48. The lowest BCUT2D eigenvalue weighted by Crippen LogP contribution is -2.30. The van der Waals surface area contributed by atoms with Crippen LogP contribution in [0.4, 0.5) is 0 Å². The van der Waals surface area contributed by atoms with Crippen molar-refractivity contribution in [1.29, 1.82) is 0 Å². The zero-order valence-corrected chi connectivity index (χ0v) is 45.2. The van der Waals surface area contributed by atoms with Crippen molar-refractivity contribution in [2.24, 2.45) is 0 Å². The zero-order valence-electron chi connectivity index (χ0n) is 45.2. The Bertz CT molecular complexity index is 1640. The van der Waals surface area contributed by atoms with E-state index in [1.54, 1.807) is 0 Å². The second-order valence-corrected chi connectivity index (χ2v) is 17.7. The lowest BCUT2D eigenvalue weighted by molar-refractivity contribution is -0.166. The maximum atomic E-state index is 12.8. The first-order chi connectivity index (χ1) is 35.0. The first-order valence-corrected chi connectivity index (χ1v) is 28.0. The smallest absolute Gasteiger partial charge is 0.306 e. The van der Waals surface area contributed by atoms with E-state index in [0.717, 1.165) is 109 Å². The van der Waals surface area contributed by atoms with Gasteiger partial charge in [0.05, 0.1) is 0 Å². The third-order valence-electron chi connectivity index (χ3n) is 11.0. The quantitative estimate of drug-likeness (QED) is 0.0262. The average Bonchev–Trinajstić information content (AvgIpc) is 3.37. The molecule has 0 spiro atoms. The van der Waals surface area contributed by atoms with E-state index in [1.165, 1.54) is 51.4 Å². The van der Waals surface area contributed by atoms with Crippen LogP contribution in [0.5, 0.6) is 0 Å². The van der Waals surface area contributed by atoms with Crippen molar-refractivity contribution in [1.82, 2.24) is 0 Å². The Labute approximate surface area is 435 Å². The number of hydrogen-bond acceptors (Lipinski definition) is 6. The van der Waals surface area contributed by atoms with Crippen molar-refractivity contribution in [3.05, 3.63) is 158 Å². The summed E-state index contributed by atoms with van der Waals surface area (Å²) >= 11 is 0. The van der Waals surface area contributed by atoms with Gasteiger partial charge in [-0.15, -0.1) is 0 Å². The van der Waals surface area contributed by atoms with Gasteiger partial charge in [-0.1, -0.05) is 243 Å². The number of hydrogen-bond donors (Lipinski definition) is 0. The van der Waals surface area contributed by atoms with Crippen LogP contribution in [0.3, 0.4) is 0 Å². The molecule has 0 N–H and O–H groups in total. The van der Waals surface area contributed by atoms with E-state index in [1.807, 2.05) is 12.2 Å². The predicted molar refractivity (Wildman–Crippen MR) is 306 cm³/mol. The zero-order chi connectivity index (χ0) is 51.4. The van der Waals surface area contributed by atoms with Gasteiger partial charge in [0.15, 0.2) is 6.10 Å². The van der Waals surface area contributed by atoms with Crippen LogP contribution < -0.4 is 0 Å². The van der Waals surface area contributed by atoms with Crippen molar-refractivity contribution < 1.29 is 28.6 Å². The van der Waals surface area contributed by atoms with Crippen molar-refractivity contribution in [2.75, 3.05) is 13.2 Å². The molecule has 396 valence electrons. The van der Waals surface area contributed by atoms with Gasteiger partial charge < -0.3 is 14.2 Å². The fourth-order valence-electron chi connectivity index (χ4n) is 6.93. The Morgan fingerprint density at radius 2 is 0.577 bits per heavy atom. The molecule has 0 heterocycles. The van der Waals surface area contributed by atoms with Crippen LogP contribution in [0.15, 0.2) is 158 Å². The number of ether oxygens (including phenoxy) is 3. The van der Waals surface area contributed by atoms with Crippen molar-refractivity contribution in [2.45, 2.75) is 219 Å². The molecule has 6 nitrogen and oxygen atoms in total. The molecule has 0 bridgehead atoms. The van der Waals surface area contributed by atoms with E-state index in [-0.39, 0.29) is 38.0 Å². The third-order valence-corrected chi connectivity index (χ3v) is 11.0. The molecule has 0 saturated heterocycles. The normalized spacial score (nSPS) is 13.3. The summed E-state index contributed by atoms with van der Waals surface area (Å²) in [4.78, 5) is 37.9. The third kappa shape index (κ3) is 55.8. The maximum absolute atomic E-state index is 12.8. The van der Waals surface area contributed by atoms with Gasteiger partial charge in [0.2, 0.25) is 0 Å². The van der Waals surface area contributed by atoms with E-state index >= 15 is 0 Å². The van der Waals surface area contributed by atoms with E-state index in [0.29, 0.717) is 19.3 Å². The van der Waals surface area contributed by atoms with Gasteiger partial charge in [0.25, 0.3) is 0 Å². The molecule has 0 rings (SSSR count). The van der Waals surface area contributed by atoms with Gasteiger partial charge in [-0.3, -0.25) is 14.4 Å². The van der Waals surface area contributed by atoms with Crippen LogP contribution in [-0.2, 0) is 28.6 Å². The maximum Gasteiger partial charge on any atom is 0.306 e. The average molecular weight is 978 g/mol. The van der Waals surface area contributed by atoms with E-state index < -0.39 is 12.1 Å². The minimum Gasteiger partial charge on any atom is -0.462 e. The van der Waals surface area contributed by atoms with E-state index in [9.17, 15) is 14.4 Å². The molecule has 0 amide bonds. The number of esters is 3. The summed E-state index contributed by atoms with van der Waals surface area (Å²) in [6.45, 7) is 6.26. The van der Waals surface area contributed by atoms with Crippen LogP contribution in [0.1, 0.15) is 213 Å². The van der Waals surface area contributed by atoms with Crippen LogP contribution in [0.25, 0.3) is 0 Å². The highest BCUT2D eigenvalue weighted by molar-refractivity contribution is 5.71. The molecule has 0 fully saturated rings. The minimum atomic E-state index is -0.844. The number of unbranched alkanes of at least 4 members (excludes halogenated alkanes) is 11. The van der Waals surface area contributed by atoms with Gasteiger partial charge in [0.1, 0.15) is 13.2 Å². The summed E-state index contributed by atoms with van der Waals surface area (Å²) in [5, 5.41) is 0. The topological polar surface area (TPSA) is 78.9 Å². The molecule has 0 aromatic carbocycles. The predicted octanol–water partition coefficient (Wildman–Crippen LogP) is 19.0. The molecular weight excluding hydrogens is 877 g/mol. The number of carbonyl (C=O) groups is 3. The van der Waals surface area contributed by atoms with Crippen molar-refractivity contribution in [3.8, 4) is 0 Å². The molecule has 6 heteroatoms. The first-order valence-electron chi connectivity index (χ1n) is 28.0. The molecule has 0 radical (unpaired) electrons. The Balaban J connectivity index is 4.46. The van der Waals surface area contributed by atoms with Gasteiger partial charge in [-0.05, 0) is 109 Å². The molecule has 71 heavy (non-hydrogen) atoms. The summed E-state index contributed by atoms with van der Waals surface area (Å²) in [6, 6.07) is 0. The van der Waals surface area contributed by atoms with Crippen LogP contribution in [0, 0.1) is 0 Å². The largest absolute Gasteiger partial charge is 0.462 e. The fourth-order valence-corrected chi connectivity index (χ4v) is 6.93. The Kier molecular flexibility index (Phi) is 53.6. The van der Waals surface area contributed by atoms with Crippen LogP contribution >= 0.6 is 0 Å². The molecule has 0 aliphatic rings. The highest BCUT2D eigenvalue weighted by Gasteiger charge is 2.19. The molecule has 0 aromatic heterocycles. The van der Waals surface area contributed by atoms with Gasteiger partial charge in [0, 0.05) is 19.3 Å². The monoisotopic (exact) mass is 977 g/mol. The van der Waals surface area contributed by atoms with E-state index in [2.05, 4.69) is 167 Å². The SMILES string of the molecule is CC/C=C\C/C=C\C/C=C\C/C=C\C/C=C\C/C=C\C/C=C\C/C=C\C/C=C\CCCC(=O)OCC(COC(=O)CCCCCCCCCCCCC)OC(=O)CC/C=C\C/C=C\C/C=C\C/C=C\CC. The van der Waals surface area contributed by atoms with Crippen LogP contribution in [-0.4, -0.2) is 37.2 Å². The summed E-state index contributed by atoms with van der Waals surface area (Å²) in [6.07, 6.45) is 84.1. The Morgan fingerprint density at radius 1 is 0.296 bits per heavy atom. The molecule has 0 aliphatic carbocycles. The molecule has 0 saturated carbocycles. The summed E-state index contributed by atoms with van der Waals surface area (Å²) in [7, 11) is 0. The van der Waals surface area contributed by atoms with Gasteiger partial charge in [-0.25, -0.2) is 0 Å². The van der Waals surface area contributed by atoms with Crippen LogP contribution in [0.2, 0.25) is 0 Å². The number of allylic oxidation sites excluding steroid dienone is 26. The highest BCUT2D eigenvalue weighted by Crippen LogP contribution is 2.13. The summed E-state index contributed by atoms with van der Waals surface area (Å²) in [5.41, 5.74) is 0. The molecule has 0 aliphatic heterocycles. The highest BCUT2D eigenvalue weighted by atomic mass is 16.6. The standard InChI is InChI=1S/C65H100O6/c1-4-7-10-13-16-19-22-24-25-26-27-28-29-30-31-32-33-34-35-36-37-38-39-41-43-46-49-52-55-58-64(67)70-61-62(60-69-63(66)57-54-51-48-45-42-21-18-15-12-9-6-3)71-65(68)59-56-53-50-47-44-40-23-20-17-14-11-8-5-2/h7-8,10-11,16-17,19-20,24-25,27-28,30-31,33-34,36-37,39-41,44,46,49-50,53,62H,4-6,9,12-15,18,21-23,26,29,32,35,38,42-43,45,47-48,51-52,54-61H2,1-3H3/b10-7-,11-8-,19-16-,20-17-,25-24-,28-27-,31-30-,34-33-,37-36-,41-39-,44-40-,49-46-,53-50-. The second kappa shape index (κ2) is 57.6. The van der Waals surface area contributed by atoms with Crippen molar-refractivity contribution >= 4 is 17.9 Å². The summed E-state index contributed by atoms with van der Waals surface area (Å²) in [5.74, 6) is -1.09. The molecule has 0 aromatic rings. The number of carbonyl (C=O) groups excluding carboxylic acids is 3. The Morgan fingerprint density at radius 3 is 0.915 bits per heavy atom. The lowest BCUT2D eigenvalue weighted by Gasteiger charge is -2.18. The van der Waals surface area contributed by atoms with Gasteiger partial charge >= 0.3 is 17.9 Å². The summed E-state index contributed by atoms with van der Waals surface area (Å²) < 4.78 is 16.7. The molecular formula is C65H100O6. The van der Waals surface area contributed by atoms with E-state index in [4.69, 9.17) is 14.2 Å². The van der Waals surface area contributed by atoms with Gasteiger partial charge in [-0.2, -0.15) is 0 Å². The molecule has 1 unspecified atom stereocenters. The van der Waals surface area contributed by atoms with Crippen molar-refractivity contribution in [3.63, 3.8) is 0 Å². The lowest BCUT2D eigenvalue weighted by atomic mass is 10.1. The Hall–Kier alpha value is -4.97. The fraction of sp³-hybridized carbons (Fsp3) is 0.554. The minimum absolute atomic E-state index is 0.130. The molecule has 1 atom stereocenters. The first kappa shape index (κ1) is 66.0.